The van der Waals surface area contributed by atoms with Gasteiger partial charge in [0.15, 0.2) is 5.16 Å². The van der Waals surface area contributed by atoms with Gasteiger partial charge in [-0.05, 0) is 42.0 Å². The van der Waals surface area contributed by atoms with E-state index >= 15 is 0 Å². The van der Waals surface area contributed by atoms with Crippen molar-refractivity contribution < 1.29 is 9.50 Å². The molecule has 0 saturated carbocycles. The Morgan fingerprint density at radius 3 is 2.57 bits per heavy atom. The maximum absolute atomic E-state index is 13.4. The number of imidazole rings is 1. The molecule has 7 heteroatoms. The number of hydrogen-bond acceptors (Lipinski definition) is 5. The molecule has 0 atom stereocenters. The molecule has 0 aliphatic carbocycles. The van der Waals surface area contributed by atoms with Crippen molar-refractivity contribution in [2.75, 3.05) is 17.7 Å². The normalized spacial score (nSPS) is 10.9. The van der Waals surface area contributed by atoms with E-state index in [0.29, 0.717) is 17.5 Å². The Balaban J connectivity index is 1.65. The van der Waals surface area contributed by atoms with E-state index < -0.39 is 0 Å². The first-order valence-electron chi connectivity index (χ1n) is 9.57. The Labute approximate surface area is 178 Å². The number of anilines is 1. The average Bonchev–Trinajstić information content (AvgIpc) is 3.22. The first-order chi connectivity index (χ1) is 14.7. The van der Waals surface area contributed by atoms with Gasteiger partial charge in [0.05, 0.1) is 18.0 Å². The zero-order valence-corrected chi connectivity index (χ0v) is 17.0. The third-order valence-corrected chi connectivity index (χ3v) is 5.35. The number of aliphatic hydroxyl groups excluding tert-OH is 1. The lowest BCUT2D eigenvalue weighted by molar-refractivity contribution is 0.322. The number of pyridine rings is 1. The molecule has 0 aliphatic rings. The molecule has 4 aromatic rings. The fourth-order valence-electron chi connectivity index (χ4n) is 3.06. The fraction of sp³-hybridized carbons (Fsp3) is 0.130. The van der Waals surface area contributed by atoms with Crippen LogP contribution in [0, 0.1) is 5.82 Å². The van der Waals surface area contributed by atoms with Crippen molar-refractivity contribution >= 4 is 17.6 Å². The molecule has 0 bridgehead atoms. The molecule has 5 nitrogen and oxygen atoms in total. The summed E-state index contributed by atoms with van der Waals surface area (Å²) in [5.41, 5.74) is 4.46. The molecular weight excluding hydrogens is 399 g/mol. The van der Waals surface area contributed by atoms with Crippen LogP contribution in [0.1, 0.15) is 5.56 Å². The zero-order chi connectivity index (χ0) is 20.8. The number of benzene rings is 2. The topological polar surface area (TPSA) is 73.8 Å². The van der Waals surface area contributed by atoms with Crippen molar-refractivity contribution in [2.24, 2.45) is 0 Å². The Kier molecular flexibility index (Phi) is 6.41. The summed E-state index contributed by atoms with van der Waals surface area (Å²) < 4.78 is 13.4. The Morgan fingerprint density at radius 2 is 1.80 bits per heavy atom. The lowest BCUT2D eigenvalue weighted by atomic mass is 10.1. The highest BCUT2D eigenvalue weighted by atomic mass is 32.2. The number of aromatic amines is 1. The largest absolute Gasteiger partial charge is 0.396 e. The number of H-pyrrole nitrogens is 1. The van der Waals surface area contributed by atoms with Gasteiger partial charge in [-0.3, -0.25) is 0 Å². The second kappa shape index (κ2) is 9.56. The standard InChI is InChI=1S/C23H21FN4OS/c24-19-8-6-17(7-9-19)21-22(28-23(27-21)30-13-12-29)18-10-11-25-20(14-18)26-15-16-4-2-1-3-5-16/h1-11,14,29H,12-13,15H2,(H,25,26)(H,27,28). The first kappa shape index (κ1) is 20.1. The minimum atomic E-state index is -0.286. The van der Waals surface area contributed by atoms with E-state index in [9.17, 15) is 4.39 Å². The van der Waals surface area contributed by atoms with Crippen molar-refractivity contribution in [3.8, 4) is 22.5 Å². The second-order valence-corrected chi connectivity index (χ2v) is 7.70. The van der Waals surface area contributed by atoms with Crippen LogP contribution in [0.4, 0.5) is 10.2 Å². The van der Waals surface area contributed by atoms with E-state index in [-0.39, 0.29) is 12.4 Å². The van der Waals surface area contributed by atoms with E-state index in [2.05, 4.69) is 27.4 Å². The van der Waals surface area contributed by atoms with E-state index in [4.69, 9.17) is 10.1 Å². The molecule has 2 aromatic carbocycles. The Morgan fingerprint density at radius 1 is 1.00 bits per heavy atom. The van der Waals surface area contributed by atoms with E-state index in [0.717, 1.165) is 28.3 Å². The quantitative estimate of drug-likeness (QED) is 0.351. The maximum atomic E-state index is 13.4. The molecule has 4 rings (SSSR count). The molecule has 0 aliphatic heterocycles. The van der Waals surface area contributed by atoms with Crippen LogP contribution in [-0.4, -0.2) is 32.4 Å². The van der Waals surface area contributed by atoms with Gasteiger partial charge >= 0.3 is 0 Å². The molecule has 0 spiro atoms. The van der Waals surface area contributed by atoms with Crippen LogP contribution in [0.3, 0.4) is 0 Å². The number of thioether (sulfide) groups is 1. The monoisotopic (exact) mass is 420 g/mol. The summed E-state index contributed by atoms with van der Waals surface area (Å²) in [5.74, 6) is 0.996. The van der Waals surface area contributed by atoms with E-state index in [1.54, 1.807) is 18.3 Å². The summed E-state index contributed by atoms with van der Waals surface area (Å²) in [6.07, 6.45) is 1.74. The highest BCUT2D eigenvalue weighted by molar-refractivity contribution is 7.99. The van der Waals surface area contributed by atoms with Crippen molar-refractivity contribution in [3.63, 3.8) is 0 Å². The smallest absolute Gasteiger partial charge is 0.166 e. The summed E-state index contributed by atoms with van der Waals surface area (Å²) in [5, 5.41) is 13.2. The molecule has 2 heterocycles. The lowest BCUT2D eigenvalue weighted by Gasteiger charge is -2.08. The molecule has 0 amide bonds. The van der Waals surface area contributed by atoms with Gasteiger partial charge in [0.25, 0.3) is 0 Å². The highest BCUT2D eigenvalue weighted by Crippen LogP contribution is 2.33. The molecule has 30 heavy (non-hydrogen) atoms. The van der Waals surface area contributed by atoms with Crippen LogP contribution in [-0.2, 0) is 6.54 Å². The molecular formula is C23H21FN4OS. The molecule has 0 saturated heterocycles. The summed E-state index contributed by atoms with van der Waals surface area (Å²) >= 11 is 1.44. The number of nitrogens with zero attached hydrogens (tertiary/aromatic N) is 2. The first-order valence-corrected chi connectivity index (χ1v) is 10.6. The highest BCUT2D eigenvalue weighted by Gasteiger charge is 2.15. The van der Waals surface area contributed by atoms with Crippen molar-refractivity contribution in [1.29, 1.82) is 0 Å². The third kappa shape index (κ3) is 4.87. The van der Waals surface area contributed by atoms with Gasteiger partial charge in [0, 0.05) is 29.6 Å². The molecule has 0 unspecified atom stereocenters. The van der Waals surface area contributed by atoms with E-state index in [1.165, 1.54) is 29.5 Å². The summed E-state index contributed by atoms with van der Waals surface area (Å²) in [6.45, 7) is 0.732. The van der Waals surface area contributed by atoms with Crippen molar-refractivity contribution in [1.82, 2.24) is 15.0 Å². The van der Waals surface area contributed by atoms with Crippen LogP contribution in [0.25, 0.3) is 22.5 Å². The van der Waals surface area contributed by atoms with Crippen LogP contribution in [0.5, 0.6) is 0 Å². The number of aliphatic hydroxyl groups is 1. The van der Waals surface area contributed by atoms with Gasteiger partial charge in [0.1, 0.15) is 11.6 Å². The molecule has 0 fully saturated rings. The SMILES string of the molecule is OCCSc1nc(-c2ccnc(NCc3ccccc3)c2)c(-c2ccc(F)cc2)[nH]1. The number of rotatable bonds is 8. The second-order valence-electron chi connectivity index (χ2n) is 6.61. The predicted octanol–water partition coefficient (Wildman–Crippen LogP) is 4.97. The van der Waals surface area contributed by atoms with Crippen LogP contribution < -0.4 is 5.32 Å². The van der Waals surface area contributed by atoms with Crippen LogP contribution in [0.2, 0.25) is 0 Å². The van der Waals surface area contributed by atoms with Gasteiger partial charge < -0.3 is 15.4 Å². The lowest BCUT2D eigenvalue weighted by Crippen LogP contribution is -2.01. The van der Waals surface area contributed by atoms with Crippen LogP contribution in [0.15, 0.2) is 78.1 Å². The summed E-state index contributed by atoms with van der Waals surface area (Å²) in [4.78, 5) is 12.4. The molecule has 2 aromatic heterocycles. The van der Waals surface area contributed by atoms with Gasteiger partial charge in [-0.15, -0.1) is 0 Å². The predicted molar refractivity (Wildman–Crippen MR) is 119 cm³/mol. The molecule has 3 N–H and O–H groups in total. The minimum Gasteiger partial charge on any atom is -0.396 e. The summed E-state index contributed by atoms with van der Waals surface area (Å²) in [7, 11) is 0. The maximum Gasteiger partial charge on any atom is 0.166 e. The fourth-order valence-corrected chi connectivity index (χ4v) is 3.67. The minimum absolute atomic E-state index is 0.0649. The van der Waals surface area contributed by atoms with Crippen molar-refractivity contribution in [2.45, 2.75) is 11.7 Å². The van der Waals surface area contributed by atoms with Gasteiger partial charge in [-0.2, -0.15) is 0 Å². The molecule has 0 radical (unpaired) electrons. The van der Waals surface area contributed by atoms with Crippen LogP contribution >= 0.6 is 11.8 Å². The number of hydrogen-bond donors (Lipinski definition) is 3. The zero-order valence-electron chi connectivity index (χ0n) is 16.2. The van der Waals surface area contributed by atoms with Gasteiger partial charge in [0.2, 0.25) is 0 Å². The Hall–Kier alpha value is -3.16. The number of nitrogens with one attached hydrogen (secondary N) is 2. The third-order valence-electron chi connectivity index (χ3n) is 4.49. The van der Waals surface area contributed by atoms with Gasteiger partial charge in [-0.1, -0.05) is 42.1 Å². The Bertz CT molecular complexity index is 1100. The average molecular weight is 421 g/mol. The number of halogens is 1. The van der Waals surface area contributed by atoms with E-state index in [1.807, 2.05) is 30.3 Å². The number of aromatic nitrogens is 3. The molecule has 152 valence electrons. The van der Waals surface area contributed by atoms with Crippen molar-refractivity contribution in [3.05, 3.63) is 84.3 Å². The summed E-state index contributed by atoms with van der Waals surface area (Å²) in [6, 6.07) is 20.3. The van der Waals surface area contributed by atoms with Gasteiger partial charge in [-0.25, -0.2) is 14.4 Å².